The SMILES string of the molecule is C\C(=N/C(=C(\N=C\c1ccccc1)c1ccccc1)c1ccccc1)c1cccc(C(=N/C(=N)c2cccc(-c3ccccc3)c2)/N=C/c2ccccc2)c1. The fourth-order valence-corrected chi connectivity index (χ4v) is 6.00. The number of amidine groups is 2. The van der Waals surface area contributed by atoms with Crippen molar-refractivity contribution < 1.29 is 0 Å². The summed E-state index contributed by atoms with van der Waals surface area (Å²) in [5.74, 6) is 0.539. The first-order valence-electron chi connectivity index (χ1n) is 18.1. The van der Waals surface area contributed by atoms with Gasteiger partial charge in [0.25, 0.3) is 0 Å². The second kappa shape index (κ2) is 17.9. The molecule has 5 nitrogen and oxygen atoms in total. The van der Waals surface area contributed by atoms with Gasteiger partial charge in [-0.25, -0.2) is 9.98 Å². The maximum Gasteiger partial charge on any atom is 0.161 e. The van der Waals surface area contributed by atoms with Gasteiger partial charge in [0.2, 0.25) is 0 Å². The summed E-state index contributed by atoms with van der Waals surface area (Å²) in [6.07, 6.45) is 3.67. The number of benzene rings is 7. The number of hydrogen-bond acceptors (Lipinski definition) is 3. The average molecular weight is 710 g/mol. The highest BCUT2D eigenvalue weighted by molar-refractivity contribution is 6.14. The third-order valence-electron chi connectivity index (χ3n) is 8.88. The molecule has 0 radical (unpaired) electrons. The summed E-state index contributed by atoms with van der Waals surface area (Å²) >= 11 is 0. The Labute approximate surface area is 322 Å². The van der Waals surface area contributed by atoms with E-state index < -0.39 is 0 Å². The molecule has 0 saturated heterocycles. The van der Waals surface area contributed by atoms with Crippen molar-refractivity contribution in [1.29, 1.82) is 5.41 Å². The lowest BCUT2D eigenvalue weighted by atomic mass is 10.0. The van der Waals surface area contributed by atoms with Crippen molar-refractivity contribution in [2.24, 2.45) is 20.0 Å². The zero-order valence-electron chi connectivity index (χ0n) is 30.5. The smallest absolute Gasteiger partial charge is 0.161 e. The summed E-state index contributed by atoms with van der Waals surface area (Å²) in [5.41, 5.74) is 10.6. The van der Waals surface area contributed by atoms with Gasteiger partial charge in [0.1, 0.15) is 0 Å². The van der Waals surface area contributed by atoms with Gasteiger partial charge in [0, 0.05) is 40.4 Å². The molecule has 0 aromatic heterocycles. The molecule has 55 heavy (non-hydrogen) atoms. The van der Waals surface area contributed by atoms with Crippen LogP contribution in [0.1, 0.15) is 45.9 Å². The molecule has 0 unspecified atom stereocenters. The van der Waals surface area contributed by atoms with Crippen molar-refractivity contribution >= 4 is 41.2 Å². The molecule has 0 aliphatic rings. The van der Waals surface area contributed by atoms with Crippen molar-refractivity contribution in [3.05, 3.63) is 239 Å². The van der Waals surface area contributed by atoms with E-state index in [1.165, 1.54) is 0 Å². The van der Waals surface area contributed by atoms with Crippen LogP contribution in [0.5, 0.6) is 0 Å². The van der Waals surface area contributed by atoms with E-state index in [1.54, 1.807) is 6.21 Å². The summed E-state index contributed by atoms with van der Waals surface area (Å²) in [5, 5.41) is 9.10. The lowest BCUT2D eigenvalue weighted by Gasteiger charge is -2.12. The van der Waals surface area contributed by atoms with Crippen LogP contribution in [0.15, 0.2) is 220 Å². The Morgan fingerprint density at radius 2 is 0.855 bits per heavy atom. The van der Waals surface area contributed by atoms with Gasteiger partial charge in [-0.2, -0.15) is 0 Å². The van der Waals surface area contributed by atoms with Crippen LogP contribution in [-0.2, 0) is 0 Å². The highest BCUT2D eigenvalue weighted by Crippen LogP contribution is 2.30. The molecule has 0 aliphatic carbocycles. The topological polar surface area (TPSA) is 73.3 Å². The van der Waals surface area contributed by atoms with E-state index in [2.05, 4.69) is 36.4 Å². The number of nitrogens with one attached hydrogen (secondary N) is 1. The molecule has 1 N–H and O–H groups in total. The second-order valence-electron chi connectivity index (χ2n) is 12.8. The van der Waals surface area contributed by atoms with Gasteiger partial charge in [0.05, 0.1) is 11.4 Å². The zero-order chi connectivity index (χ0) is 37.7. The molecular formula is C50H39N5. The third-order valence-corrected chi connectivity index (χ3v) is 8.88. The molecule has 0 saturated carbocycles. The van der Waals surface area contributed by atoms with E-state index in [-0.39, 0.29) is 5.84 Å². The first kappa shape index (κ1) is 36.0. The van der Waals surface area contributed by atoms with Gasteiger partial charge in [-0.05, 0) is 46.9 Å². The van der Waals surface area contributed by atoms with Crippen LogP contribution in [0.3, 0.4) is 0 Å². The van der Waals surface area contributed by atoms with Crippen LogP contribution < -0.4 is 0 Å². The molecule has 7 aromatic rings. The van der Waals surface area contributed by atoms with E-state index in [4.69, 9.17) is 25.4 Å². The molecule has 0 atom stereocenters. The molecule has 0 heterocycles. The zero-order valence-corrected chi connectivity index (χ0v) is 30.5. The third kappa shape index (κ3) is 9.55. The Morgan fingerprint density at radius 3 is 1.47 bits per heavy atom. The summed E-state index contributed by atoms with van der Waals surface area (Å²) in [4.78, 5) is 20.1. The average Bonchev–Trinajstić information content (AvgIpc) is 3.26. The molecular weight excluding hydrogens is 671 g/mol. The van der Waals surface area contributed by atoms with Crippen molar-refractivity contribution in [3.63, 3.8) is 0 Å². The van der Waals surface area contributed by atoms with Gasteiger partial charge >= 0.3 is 0 Å². The van der Waals surface area contributed by atoms with E-state index in [0.29, 0.717) is 11.4 Å². The fraction of sp³-hybridized carbons (Fsp3) is 0.0200. The van der Waals surface area contributed by atoms with Crippen LogP contribution in [0.4, 0.5) is 0 Å². The normalized spacial score (nSPS) is 12.5. The highest BCUT2D eigenvalue weighted by atomic mass is 14.9. The molecule has 264 valence electrons. The maximum atomic E-state index is 9.10. The van der Waals surface area contributed by atoms with Gasteiger partial charge < -0.3 is 0 Å². The van der Waals surface area contributed by atoms with Crippen LogP contribution >= 0.6 is 0 Å². The molecule has 7 rings (SSSR count). The van der Waals surface area contributed by atoms with Gasteiger partial charge in [-0.3, -0.25) is 15.4 Å². The van der Waals surface area contributed by atoms with Gasteiger partial charge in [0.15, 0.2) is 11.7 Å². The molecule has 0 amide bonds. The minimum atomic E-state index is 0.117. The summed E-state index contributed by atoms with van der Waals surface area (Å²) in [6, 6.07) is 66.4. The number of rotatable bonds is 10. The van der Waals surface area contributed by atoms with E-state index in [9.17, 15) is 0 Å². The quantitative estimate of drug-likeness (QED) is 0.0834. The summed E-state index contributed by atoms with van der Waals surface area (Å²) in [6.45, 7) is 2.01. The first-order chi connectivity index (χ1) is 27.1. The number of aliphatic imine (C=N–C) groups is 4. The standard InChI is InChI=1S/C50H39N5/c1-37(54-48(42-27-15-6-16-28-42)47(41-25-13-5-14-26-41)52-35-38-19-7-2-8-20-38)43-29-17-32-46(33-43)50(53-36-39-21-9-3-10-22-39)55-49(51)45-31-18-30-44(34-45)40-23-11-4-12-24-40/h2-36,51H,1H3/b48-47-,51-49?,52-35+,53-36+,54-37+,55-50-. The second-order valence-corrected chi connectivity index (χ2v) is 12.8. The Bertz CT molecular complexity index is 2520. The molecule has 0 aliphatic heterocycles. The van der Waals surface area contributed by atoms with Crippen molar-refractivity contribution in [1.82, 2.24) is 0 Å². The molecule has 7 aromatic carbocycles. The Kier molecular flexibility index (Phi) is 11.7. The number of hydrogen-bond donors (Lipinski definition) is 1. The monoisotopic (exact) mass is 709 g/mol. The summed E-state index contributed by atoms with van der Waals surface area (Å²) in [7, 11) is 0. The Hall–Kier alpha value is -7.37. The highest BCUT2D eigenvalue weighted by Gasteiger charge is 2.14. The van der Waals surface area contributed by atoms with E-state index >= 15 is 0 Å². The minimum absolute atomic E-state index is 0.117. The van der Waals surface area contributed by atoms with Crippen LogP contribution in [0.2, 0.25) is 0 Å². The van der Waals surface area contributed by atoms with Crippen LogP contribution in [0, 0.1) is 5.41 Å². The summed E-state index contributed by atoms with van der Waals surface area (Å²) < 4.78 is 0. The largest absolute Gasteiger partial charge is 0.282 e. The lowest BCUT2D eigenvalue weighted by Crippen LogP contribution is -2.06. The molecule has 5 heteroatoms. The lowest BCUT2D eigenvalue weighted by molar-refractivity contribution is 1.39. The van der Waals surface area contributed by atoms with Crippen molar-refractivity contribution in [3.8, 4) is 11.1 Å². The van der Waals surface area contributed by atoms with Crippen molar-refractivity contribution in [2.75, 3.05) is 0 Å². The van der Waals surface area contributed by atoms with Gasteiger partial charge in [-0.1, -0.05) is 188 Å². The van der Waals surface area contributed by atoms with Crippen LogP contribution in [0.25, 0.3) is 22.5 Å². The molecule has 0 spiro atoms. The molecule has 0 bridgehead atoms. The van der Waals surface area contributed by atoms with Crippen LogP contribution in [-0.4, -0.2) is 29.8 Å². The predicted molar refractivity (Wildman–Crippen MR) is 232 cm³/mol. The molecule has 0 fully saturated rings. The number of nitrogens with zero attached hydrogens (tertiary/aromatic N) is 4. The van der Waals surface area contributed by atoms with E-state index in [0.717, 1.165) is 61.6 Å². The minimum Gasteiger partial charge on any atom is -0.282 e. The Morgan fingerprint density at radius 1 is 0.400 bits per heavy atom. The van der Waals surface area contributed by atoms with Crippen molar-refractivity contribution in [2.45, 2.75) is 6.92 Å². The maximum absolute atomic E-state index is 9.10. The first-order valence-corrected chi connectivity index (χ1v) is 18.1. The van der Waals surface area contributed by atoms with E-state index in [1.807, 2.05) is 177 Å². The fourth-order valence-electron chi connectivity index (χ4n) is 6.00. The van der Waals surface area contributed by atoms with Gasteiger partial charge in [-0.15, -0.1) is 0 Å². The Balaban J connectivity index is 1.31. The predicted octanol–water partition coefficient (Wildman–Crippen LogP) is 11.7.